The van der Waals surface area contributed by atoms with Crippen LogP contribution in [0.1, 0.15) is 6.92 Å². The van der Waals surface area contributed by atoms with Crippen molar-refractivity contribution in [2.45, 2.75) is 6.92 Å². The SMILES string of the molecule is C=CC=C(C=C)C(C)C(=O)O. The van der Waals surface area contributed by atoms with Crippen molar-refractivity contribution in [2.24, 2.45) is 5.92 Å². The molecule has 0 heterocycles. The third kappa shape index (κ3) is 2.85. The maximum Gasteiger partial charge on any atom is 0.310 e. The average molecular weight is 152 g/mol. The lowest BCUT2D eigenvalue weighted by Crippen LogP contribution is -2.10. The van der Waals surface area contributed by atoms with Crippen LogP contribution in [0, 0.1) is 5.92 Å². The molecule has 0 aromatic rings. The second-order valence-corrected chi connectivity index (χ2v) is 2.17. The summed E-state index contributed by atoms with van der Waals surface area (Å²) in [6.07, 6.45) is 4.72. The van der Waals surface area contributed by atoms with Crippen molar-refractivity contribution in [1.29, 1.82) is 0 Å². The second-order valence-electron chi connectivity index (χ2n) is 2.17. The molecule has 0 spiro atoms. The summed E-state index contributed by atoms with van der Waals surface area (Å²) in [5.74, 6) is -1.36. The van der Waals surface area contributed by atoms with Gasteiger partial charge >= 0.3 is 5.97 Å². The fraction of sp³-hybridized carbons (Fsp3) is 0.222. The monoisotopic (exact) mass is 152 g/mol. The zero-order valence-electron chi connectivity index (χ0n) is 6.58. The van der Waals surface area contributed by atoms with Crippen molar-refractivity contribution in [3.63, 3.8) is 0 Å². The van der Waals surface area contributed by atoms with Crippen molar-refractivity contribution >= 4 is 5.97 Å². The van der Waals surface area contributed by atoms with Crippen molar-refractivity contribution in [3.8, 4) is 0 Å². The van der Waals surface area contributed by atoms with E-state index in [1.165, 1.54) is 6.08 Å². The van der Waals surface area contributed by atoms with Crippen molar-refractivity contribution in [2.75, 3.05) is 0 Å². The van der Waals surface area contributed by atoms with Gasteiger partial charge in [0.05, 0.1) is 5.92 Å². The first-order valence-electron chi connectivity index (χ1n) is 3.31. The van der Waals surface area contributed by atoms with Crippen molar-refractivity contribution < 1.29 is 9.90 Å². The van der Waals surface area contributed by atoms with Gasteiger partial charge in [-0.15, -0.1) is 0 Å². The molecule has 0 fully saturated rings. The molecule has 2 nitrogen and oxygen atoms in total. The van der Waals surface area contributed by atoms with E-state index in [1.807, 2.05) is 0 Å². The molecule has 0 aromatic heterocycles. The molecule has 0 aromatic carbocycles. The van der Waals surface area contributed by atoms with Gasteiger partial charge in [-0.3, -0.25) is 4.79 Å². The first-order valence-corrected chi connectivity index (χ1v) is 3.31. The molecular weight excluding hydrogens is 140 g/mol. The van der Waals surface area contributed by atoms with Gasteiger partial charge < -0.3 is 5.11 Å². The predicted molar refractivity (Wildman–Crippen MR) is 45.3 cm³/mol. The van der Waals surface area contributed by atoms with Crippen LogP contribution in [0.4, 0.5) is 0 Å². The summed E-state index contributed by atoms with van der Waals surface area (Å²) < 4.78 is 0. The van der Waals surface area contributed by atoms with Gasteiger partial charge in [-0.2, -0.15) is 0 Å². The Balaban J connectivity index is 4.50. The number of aliphatic carboxylic acids is 1. The number of hydrogen-bond acceptors (Lipinski definition) is 1. The first kappa shape index (κ1) is 9.69. The summed E-state index contributed by atoms with van der Waals surface area (Å²) in [4.78, 5) is 10.5. The van der Waals surface area contributed by atoms with Gasteiger partial charge in [-0.05, 0) is 12.5 Å². The van der Waals surface area contributed by atoms with Crippen LogP contribution in [0.2, 0.25) is 0 Å². The van der Waals surface area contributed by atoms with Crippen LogP contribution in [0.25, 0.3) is 0 Å². The minimum Gasteiger partial charge on any atom is -0.481 e. The summed E-state index contributed by atoms with van der Waals surface area (Å²) in [7, 11) is 0. The number of hydrogen-bond donors (Lipinski definition) is 1. The van der Waals surface area contributed by atoms with E-state index in [2.05, 4.69) is 13.2 Å². The molecule has 11 heavy (non-hydrogen) atoms. The van der Waals surface area contributed by atoms with Crippen LogP contribution < -0.4 is 0 Å². The van der Waals surface area contributed by atoms with E-state index in [0.29, 0.717) is 5.57 Å². The molecule has 1 atom stereocenters. The van der Waals surface area contributed by atoms with Crippen LogP contribution >= 0.6 is 0 Å². The van der Waals surface area contributed by atoms with Crippen LogP contribution in [-0.4, -0.2) is 11.1 Å². The number of carbonyl (C=O) groups is 1. The van der Waals surface area contributed by atoms with Gasteiger partial charge in [0.15, 0.2) is 0 Å². The Morgan fingerprint density at radius 1 is 1.55 bits per heavy atom. The molecular formula is C9H12O2. The molecule has 0 aliphatic carbocycles. The maximum absolute atomic E-state index is 10.5. The van der Waals surface area contributed by atoms with Gasteiger partial charge in [0.1, 0.15) is 0 Å². The molecule has 0 bridgehead atoms. The zero-order valence-corrected chi connectivity index (χ0v) is 6.58. The van der Waals surface area contributed by atoms with Crippen LogP contribution in [-0.2, 0) is 4.79 Å². The maximum atomic E-state index is 10.5. The highest BCUT2D eigenvalue weighted by molar-refractivity contribution is 5.74. The Hall–Kier alpha value is -1.31. The molecule has 0 rings (SSSR count). The molecule has 1 N–H and O–H groups in total. The largest absolute Gasteiger partial charge is 0.481 e. The lowest BCUT2D eigenvalue weighted by Gasteiger charge is -2.04. The first-order chi connectivity index (χ1) is 5.13. The molecule has 0 saturated heterocycles. The number of carboxylic acids is 1. The molecule has 60 valence electrons. The smallest absolute Gasteiger partial charge is 0.310 e. The third-order valence-corrected chi connectivity index (χ3v) is 1.42. The van der Waals surface area contributed by atoms with Gasteiger partial charge in [-0.25, -0.2) is 0 Å². The van der Waals surface area contributed by atoms with E-state index in [0.717, 1.165) is 0 Å². The Kier molecular flexibility index (Phi) is 3.96. The summed E-state index contributed by atoms with van der Waals surface area (Å²) >= 11 is 0. The van der Waals surface area contributed by atoms with E-state index in [4.69, 9.17) is 5.11 Å². The average Bonchev–Trinajstić information content (AvgIpc) is 1.98. The minimum atomic E-state index is -0.849. The third-order valence-electron chi connectivity index (χ3n) is 1.42. The van der Waals surface area contributed by atoms with E-state index in [-0.39, 0.29) is 0 Å². The van der Waals surface area contributed by atoms with Crippen LogP contribution in [0.5, 0.6) is 0 Å². The van der Waals surface area contributed by atoms with E-state index < -0.39 is 11.9 Å². The number of carboxylic acid groups (broad SMARTS) is 1. The van der Waals surface area contributed by atoms with E-state index in [9.17, 15) is 4.79 Å². The van der Waals surface area contributed by atoms with E-state index >= 15 is 0 Å². The zero-order chi connectivity index (χ0) is 8.85. The van der Waals surface area contributed by atoms with Crippen molar-refractivity contribution in [3.05, 3.63) is 37.0 Å². The van der Waals surface area contributed by atoms with Crippen LogP contribution in [0.15, 0.2) is 37.0 Å². The van der Waals surface area contributed by atoms with Crippen LogP contribution in [0.3, 0.4) is 0 Å². The predicted octanol–water partition coefficient (Wildman–Crippen LogP) is 2.01. The Bertz CT molecular complexity index is 202. The normalized spacial score (nSPS) is 13.7. The Morgan fingerprint density at radius 3 is 2.36 bits per heavy atom. The van der Waals surface area contributed by atoms with Gasteiger partial charge in [0.2, 0.25) is 0 Å². The highest BCUT2D eigenvalue weighted by atomic mass is 16.4. The lowest BCUT2D eigenvalue weighted by atomic mass is 10.0. The molecule has 1 unspecified atom stereocenters. The molecule has 0 amide bonds. The molecule has 2 heteroatoms. The summed E-state index contributed by atoms with van der Waals surface area (Å²) in [5.41, 5.74) is 0.674. The summed E-state index contributed by atoms with van der Waals surface area (Å²) in [5, 5.41) is 8.59. The fourth-order valence-electron chi connectivity index (χ4n) is 0.668. The summed E-state index contributed by atoms with van der Waals surface area (Å²) in [6.45, 7) is 8.59. The number of allylic oxidation sites excluding steroid dienone is 3. The fourth-order valence-corrected chi connectivity index (χ4v) is 0.668. The summed E-state index contributed by atoms with van der Waals surface area (Å²) in [6, 6.07) is 0. The quantitative estimate of drug-likeness (QED) is 0.625. The van der Waals surface area contributed by atoms with E-state index in [1.54, 1.807) is 19.1 Å². The standard InChI is InChI=1S/C9H12O2/c1-4-6-8(5-2)7(3)9(10)11/h4-7H,1-2H2,3H3,(H,10,11). The van der Waals surface area contributed by atoms with Gasteiger partial charge in [-0.1, -0.05) is 31.4 Å². The van der Waals surface area contributed by atoms with Gasteiger partial charge in [0, 0.05) is 0 Å². The molecule has 0 saturated carbocycles. The topological polar surface area (TPSA) is 37.3 Å². The molecule has 0 aliphatic rings. The van der Waals surface area contributed by atoms with Gasteiger partial charge in [0.25, 0.3) is 0 Å². The Morgan fingerprint density at radius 2 is 2.09 bits per heavy atom. The molecule has 0 radical (unpaired) electrons. The Labute approximate surface area is 66.5 Å². The highest BCUT2D eigenvalue weighted by Gasteiger charge is 2.12. The second kappa shape index (κ2) is 4.50. The lowest BCUT2D eigenvalue weighted by molar-refractivity contribution is -0.139. The highest BCUT2D eigenvalue weighted by Crippen LogP contribution is 2.11. The number of rotatable bonds is 4. The minimum absolute atomic E-state index is 0.509. The molecule has 0 aliphatic heterocycles. The van der Waals surface area contributed by atoms with Crippen molar-refractivity contribution in [1.82, 2.24) is 0 Å².